The van der Waals surface area contributed by atoms with E-state index in [1.54, 1.807) is 6.08 Å². The third kappa shape index (κ3) is 5.48. The second-order valence-electron chi connectivity index (χ2n) is 3.55. The van der Waals surface area contributed by atoms with Crippen LogP contribution in [0.3, 0.4) is 0 Å². The summed E-state index contributed by atoms with van der Waals surface area (Å²) in [6.07, 6.45) is 7.39. The first kappa shape index (κ1) is 12.9. The maximum Gasteiger partial charge on any atom is 0.135 e. The maximum atomic E-state index is 8.91. The zero-order chi connectivity index (χ0) is 12.3. The van der Waals surface area contributed by atoms with E-state index >= 15 is 0 Å². The number of benzene rings is 1. The van der Waals surface area contributed by atoms with Crippen LogP contribution in [0.15, 0.2) is 54.1 Å². The standard InChI is InChI=1S/C15H16N2/c1-2-3-7-12-17-15(13-16)11-10-14-8-5-4-6-9-14/h2,4-6,8-11H,1,3,7,12H2/b11-10+,17-15?. The Morgan fingerprint density at radius 1 is 1.35 bits per heavy atom. The quantitative estimate of drug-likeness (QED) is 0.413. The van der Waals surface area contributed by atoms with E-state index in [0.29, 0.717) is 12.3 Å². The molecule has 0 aromatic heterocycles. The van der Waals surface area contributed by atoms with Gasteiger partial charge in [-0.1, -0.05) is 42.5 Å². The van der Waals surface area contributed by atoms with E-state index < -0.39 is 0 Å². The fourth-order valence-electron chi connectivity index (χ4n) is 1.30. The molecule has 2 nitrogen and oxygen atoms in total. The molecule has 2 heteroatoms. The number of allylic oxidation sites excluding steroid dienone is 2. The fraction of sp³-hybridized carbons (Fsp3) is 0.200. The number of hydrogen-bond acceptors (Lipinski definition) is 2. The molecule has 0 bridgehead atoms. The van der Waals surface area contributed by atoms with Crippen LogP contribution in [0.25, 0.3) is 6.08 Å². The summed E-state index contributed by atoms with van der Waals surface area (Å²) in [5, 5.41) is 8.91. The first-order valence-corrected chi connectivity index (χ1v) is 5.65. The van der Waals surface area contributed by atoms with Gasteiger partial charge in [0, 0.05) is 6.54 Å². The van der Waals surface area contributed by atoms with E-state index in [9.17, 15) is 0 Å². The molecule has 1 aromatic carbocycles. The van der Waals surface area contributed by atoms with Crippen LogP contribution in [-0.2, 0) is 0 Å². The van der Waals surface area contributed by atoms with Crippen molar-refractivity contribution >= 4 is 11.8 Å². The molecule has 1 rings (SSSR count). The zero-order valence-corrected chi connectivity index (χ0v) is 9.84. The molecule has 0 spiro atoms. The van der Waals surface area contributed by atoms with E-state index in [1.165, 1.54) is 0 Å². The molecule has 0 saturated carbocycles. The highest BCUT2D eigenvalue weighted by Gasteiger charge is 1.91. The van der Waals surface area contributed by atoms with Gasteiger partial charge in [-0.2, -0.15) is 5.26 Å². The van der Waals surface area contributed by atoms with Crippen LogP contribution >= 0.6 is 0 Å². The monoisotopic (exact) mass is 224 g/mol. The van der Waals surface area contributed by atoms with Crippen molar-refractivity contribution in [1.29, 1.82) is 5.26 Å². The number of nitrogens with zero attached hydrogens (tertiary/aromatic N) is 2. The van der Waals surface area contributed by atoms with Gasteiger partial charge in [0.25, 0.3) is 0 Å². The van der Waals surface area contributed by atoms with E-state index in [-0.39, 0.29) is 0 Å². The molecule has 0 radical (unpaired) electrons. The van der Waals surface area contributed by atoms with E-state index in [2.05, 4.69) is 17.6 Å². The Kier molecular flexibility index (Phi) is 6.13. The molecular formula is C15H16N2. The average molecular weight is 224 g/mol. The Bertz CT molecular complexity index is 436. The van der Waals surface area contributed by atoms with E-state index in [0.717, 1.165) is 18.4 Å². The predicted octanol–water partition coefficient (Wildman–Crippen LogP) is 3.63. The smallest absolute Gasteiger partial charge is 0.135 e. The van der Waals surface area contributed by atoms with Gasteiger partial charge >= 0.3 is 0 Å². The first-order valence-electron chi connectivity index (χ1n) is 5.65. The van der Waals surface area contributed by atoms with Gasteiger partial charge < -0.3 is 0 Å². The summed E-state index contributed by atoms with van der Waals surface area (Å²) in [6.45, 7) is 4.32. The Morgan fingerprint density at radius 2 is 2.12 bits per heavy atom. The minimum Gasteiger partial charge on any atom is -0.274 e. The van der Waals surface area contributed by atoms with Crippen molar-refractivity contribution in [2.75, 3.05) is 6.54 Å². The predicted molar refractivity (Wildman–Crippen MR) is 72.8 cm³/mol. The Balaban J connectivity index is 2.55. The lowest BCUT2D eigenvalue weighted by molar-refractivity contribution is 0.858. The fourth-order valence-corrected chi connectivity index (χ4v) is 1.30. The SMILES string of the molecule is C=CCCCN=C(C#N)/C=C/c1ccccc1. The Morgan fingerprint density at radius 3 is 2.76 bits per heavy atom. The molecule has 0 atom stereocenters. The van der Waals surface area contributed by atoms with Crippen LogP contribution in [0.5, 0.6) is 0 Å². The average Bonchev–Trinajstić information content (AvgIpc) is 2.39. The third-order valence-electron chi connectivity index (χ3n) is 2.20. The topological polar surface area (TPSA) is 36.1 Å². The van der Waals surface area contributed by atoms with Gasteiger partial charge in [0.1, 0.15) is 11.8 Å². The zero-order valence-electron chi connectivity index (χ0n) is 9.84. The molecule has 17 heavy (non-hydrogen) atoms. The van der Waals surface area contributed by atoms with Crippen LogP contribution < -0.4 is 0 Å². The van der Waals surface area contributed by atoms with Crippen molar-refractivity contribution in [1.82, 2.24) is 0 Å². The number of aliphatic imine (C=N–C) groups is 1. The van der Waals surface area contributed by atoms with Crippen LogP contribution in [0.2, 0.25) is 0 Å². The summed E-state index contributed by atoms with van der Waals surface area (Å²) < 4.78 is 0. The van der Waals surface area contributed by atoms with Gasteiger partial charge in [0.15, 0.2) is 0 Å². The van der Waals surface area contributed by atoms with Crippen LogP contribution in [-0.4, -0.2) is 12.3 Å². The van der Waals surface area contributed by atoms with Crippen LogP contribution in [0.4, 0.5) is 0 Å². The van der Waals surface area contributed by atoms with Crippen molar-refractivity contribution < 1.29 is 0 Å². The minimum atomic E-state index is 0.470. The van der Waals surface area contributed by atoms with Gasteiger partial charge in [-0.3, -0.25) is 4.99 Å². The summed E-state index contributed by atoms with van der Waals surface area (Å²) in [4.78, 5) is 4.22. The van der Waals surface area contributed by atoms with Crippen molar-refractivity contribution in [3.63, 3.8) is 0 Å². The lowest BCUT2D eigenvalue weighted by Gasteiger charge is -1.93. The molecule has 0 heterocycles. The van der Waals surface area contributed by atoms with Gasteiger partial charge in [0.05, 0.1) is 0 Å². The highest BCUT2D eigenvalue weighted by molar-refractivity contribution is 6.09. The van der Waals surface area contributed by atoms with Crippen LogP contribution in [0.1, 0.15) is 18.4 Å². The van der Waals surface area contributed by atoms with Crippen LogP contribution in [0, 0.1) is 11.3 Å². The number of nitriles is 1. The van der Waals surface area contributed by atoms with Gasteiger partial charge in [-0.25, -0.2) is 0 Å². The largest absolute Gasteiger partial charge is 0.274 e. The van der Waals surface area contributed by atoms with Gasteiger partial charge in [-0.15, -0.1) is 6.58 Å². The molecule has 86 valence electrons. The summed E-state index contributed by atoms with van der Waals surface area (Å²) in [6, 6.07) is 12.0. The lowest BCUT2D eigenvalue weighted by Crippen LogP contribution is -1.91. The number of unbranched alkanes of at least 4 members (excludes halogenated alkanes) is 1. The molecule has 0 saturated heterocycles. The van der Waals surface area contributed by atoms with Crippen molar-refractivity contribution in [3.8, 4) is 6.07 Å². The van der Waals surface area contributed by atoms with Gasteiger partial charge in [-0.05, 0) is 24.5 Å². The summed E-state index contributed by atoms with van der Waals surface area (Å²) in [5.74, 6) is 0. The van der Waals surface area contributed by atoms with E-state index in [4.69, 9.17) is 5.26 Å². The molecule has 0 amide bonds. The molecular weight excluding hydrogens is 208 g/mol. The second-order valence-corrected chi connectivity index (χ2v) is 3.55. The number of hydrogen-bond donors (Lipinski definition) is 0. The minimum absolute atomic E-state index is 0.470. The van der Waals surface area contributed by atoms with E-state index in [1.807, 2.05) is 42.5 Å². The first-order chi connectivity index (χ1) is 8.36. The normalized spacial score (nSPS) is 11.4. The van der Waals surface area contributed by atoms with Crippen molar-refractivity contribution in [2.45, 2.75) is 12.8 Å². The molecule has 0 aliphatic carbocycles. The molecule has 0 aliphatic heterocycles. The molecule has 0 fully saturated rings. The number of rotatable bonds is 6. The summed E-state index contributed by atoms with van der Waals surface area (Å²) >= 11 is 0. The summed E-state index contributed by atoms with van der Waals surface area (Å²) in [7, 11) is 0. The summed E-state index contributed by atoms with van der Waals surface area (Å²) in [5.41, 5.74) is 1.54. The highest BCUT2D eigenvalue weighted by Crippen LogP contribution is 2.01. The molecule has 1 aromatic rings. The van der Waals surface area contributed by atoms with Gasteiger partial charge in [0.2, 0.25) is 0 Å². The Hall–Kier alpha value is -2.14. The second kappa shape index (κ2) is 8.06. The Labute approximate surface area is 103 Å². The molecule has 0 aliphatic rings. The maximum absolute atomic E-state index is 8.91. The highest BCUT2D eigenvalue weighted by atomic mass is 14.7. The van der Waals surface area contributed by atoms with Crippen molar-refractivity contribution in [2.24, 2.45) is 4.99 Å². The lowest BCUT2D eigenvalue weighted by atomic mass is 10.2. The van der Waals surface area contributed by atoms with Crippen molar-refractivity contribution in [3.05, 3.63) is 54.6 Å². The third-order valence-corrected chi connectivity index (χ3v) is 2.20. The molecule has 0 unspecified atom stereocenters. The molecule has 0 N–H and O–H groups in total.